The van der Waals surface area contributed by atoms with E-state index in [9.17, 15) is 4.79 Å². The first kappa shape index (κ1) is 18.4. The maximum Gasteiger partial charge on any atom is 0.230 e. The summed E-state index contributed by atoms with van der Waals surface area (Å²) < 4.78 is 17.0. The molecule has 8 heteroatoms. The van der Waals surface area contributed by atoms with Gasteiger partial charge in [-0.15, -0.1) is 11.8 Å². The van der Waals surface area contributed by atoms with Crippen molar-refractivity contribution in [1.29, 1.82) is 0 Å². The third-order valence-corrected chi connectivity index (χ3v) is 5.56. The number of aryl methyl sites for hydroxylation is 1. The first-order valence-corrected chi connectivity index (χ1v) is 9.16. The molecule has 0 fully saturated rings. The van der Waals surface area contributed by atoms with Gasteiger partial charge in [-0.3, -0.25) is 4.79 Å². The van der Waals surface area contributed by atoms with Gasteiger partial charge < -0.3 is 19.5 Å². The molecule has 0 bridgehead atoms. The molecule has 130 valence electrons. The van der Waals surface area contributed by atoms with Crippen LogP contribution in [0.2, 0.25) is 0 Å². The van der Waals surface area contributed by atoms with E-state index < -0.39 is 0 Å². The minimum absolute atomic E-state index is 0.148. The number of thioether (sulfide) groups is 1. The highest BCUT2D eigenvalue weighted by atomic mass is 32.2. The van der Waals surface area contributed by atoms with Crippen molar-refractivity contribution in [2.45, 2.75) is 17.6 Å². The molecular weight excluding hydrogens is 348 g/mol. The van der Waals surface area contributed by atoms with Crippen LogP contribution in [0.5, 0.6) is 17.2 Å². The molecule has 1 N–H and O–H groups in total. The summed E-state index contributed by atoms with van der Waals surface area (Å²) in [7, 11) is 4.63. The lowest BCUT2D eigenvalue weighted by molar-refractivity contribution is -0.115. The summed E-state index contributed by atoms with van der Waals surface area (Å²) in [5.74, 6) is 1.40. The SMILES string of the molecule is COc1cc(CC(=O)Nc2nc(C)c(SC)s2)cc(OC)c1OC. The lowest BCUT2D eigenvalue weighted by Crippen LogP contribution is -2.14. The molecule has 0 spiro atoms. The van der Waals surface area contributed by atoms with Gasteiger partial charge in [0.1, 0.15) is 0 Å². The normalized spacial score (nSPS) is 10.4. The quantitative estimate of drug-likeness (QED) is 0.756. The van der Waals surface area contributed by atoms with Crippen molar-refractivity contribution in [2.75, 3.05) is 32.9 Å². The molecule has 0 aliphatic heterocycles. The van der Waals surface area contributed by atoms with Gasteiger partial charge in [0.15, 0.2) is 16.6 Å². The van der Waals surface area contributed by atoms with Crippen LogP contribution in [0.4, 0.5) is 5.13 Å². The molecule has 1 heterocycles. The van der Waals surface area contributed by atoms with Gasteiger partial charge in [-0.05, 0) is 30.9 Å². The van der Waals surface area contributed by atoms with Crippen LogP contribution in [-0.2, 0) is 11.2 Å². The summed E-state index contributed by atoms with van der Waals surface area (Å²) >= 11 is 3.09. The van der Waals surface area contributed by atoms with Crippen molar-refractivity contribution in [2.24, 2.45) is 0 Å². The fourth-order valence-electron chi connectivity index (χ4n) is 2.21. The number of carbonyl (C=O) groups is 1. The Hall–Kier alpha value is -1.93. The fourth-order valence-corrected chi connectivity index (χ4v) is 3.84. The van der Waals surface area contributed by atoms with E-state index in [1.807, 2.05) is 13.2 Å². The molecule has 6 nitrogen and oxygen atoms in total. The third kappa shape index (κ3) is 4.12. The highest BCUT2D eigenvalue weighted by Gasteiger charge is 2.16. The predicted octanol–water partition coefficient (Wildman–Crippen LogP) is 3.38. The molecule has 1 aromatic carbocycles. The lowest BCUT2D eigenvalue weighted by Gasteiger charge is -2.13. The number of carbonyl (C=O) groups excluding carboxylic acids is 1. The molecule has 1 amide bonds. The van der Waals surface area contributed by atoms with Crippen LogP contribution in [0.1, 0.15) is 11.3 Å². The van der Waals surface area contributed by atoms with Crippen molar-refractivity contribution in [3.63, 3.8) is 0 Å². The molecule has 2 rings (SSSR count). The van der Waals surface area contributed by atoms with Gasteiger partial charge >= 0.3 is 0 Å². The van der Waals surface area contributed by atoms with Crippen LogP contribution < -0.4 is 19.5 Å². The Morgan fingerprint density at radius 2 is 1.83 bits per heavy atom. The number of nitrogens with one attached hydrogen (secondary N) is 1. The summed E-state index contributed by atoms with van der Waals surface area (Å²) in [6.45, 7) is 1.93. The number of hydrogen-bond donors (Lipinski definition) is 1. The Morgan fingerprint density at radius 3 is 2.29 bits per heavy atom. The summed E-state index contributed by atoms with van der Waals surface area (Å²) in [4.78, 5) is 16.6. The second-order valence-electron chi connectivity index (χ2n) is 4.85. The number of amides is 1. The van der Waals surface area contributed by atoms with E-state index in [2.05, 4.69) is 10.3 Å². The number of rotatable bonds is 7. The Bertz CT molecular complexity index is 706. The largest absolute Gasteiger partial charge is 0.493 e. The molecule has 0 aliphatic rings. The average Bonchev–Trinajstić information content (AvgIpc) is 2.92. The van der Waals surface area contributed by atoms with Gasteiger partial charge in [-0.1, -0.05) is 11.3 Å². The molecule has 0 saturated heterocycles. The van der Waals surface area contributed by atoms with Crippen LogP contribution in [0.15, 0.2) is 16.3 Å². The Labute approximate surface area is 149 Å². The zero-order valence-corrected chi connectivity index (χ0v) is 15.9. The first-order chi connectivity index (χ1) is 11.5. The van der Waals surface area contributed by atoms with E-state index in [0.717, 1.165) is 15.5 Å². The number of methoxy groups -OCH3 is 3. The minimum Gasteiger partial charge on any atom is -0.493 e. The topological polar surface area (TPSA) is 69.7 Å². The predicted molar refractivity (Wildman–Crippen MR) is 97.1 cm³/mol. The van der Waals surface area contributed by atoms with E-state index >= 15 is 0 Å². The van der Waals surface area contributed by atoms with E-state index in [0.29, 0.717) is 22.4 Å². The Kier molecular flexibility index (Phi) is 6.33. The molecule has 24 heavy (non-hydrogen) atoms. The van der Waals surface area contributed by atoms with E-state index in [1.54, 1.807) is 45.2 Å². The average molecular weight is 368 g/mol. The smallest absolute Gasteiger partial charge is 0.230 e. The maximum atomic E-state index is 12.3. The van der Waals surface area contributed by atoms with Gasteiger partial charge in [0.25, 0.3) is 0 Å². The number of anilines is 1. The van der Waals surface area contributed by atoms with Gasteiger partial charge in [-0.25, -0.2) is 4.98 Å². The molecule has 0 aliphatic carbocycles. The van der Waals surface area contributed by atoms with Crippen molar-refractivity contribution < 1.29 is 19.0 Å². The van der Waals surface area contributed by atoms with Crippen molar-refractivity contribution in [1.82, 2.24) is 4.98 Å². The zero-order chi connectivity index (χ0) is 17.7. The number of ether oxygens (including phenoxy) is 3. The maximum absolute atomic E-state index is 12.3. The molecular formula is C16H20N2O4S2. The van der Waals surface area contributed by atoms with Crippen LogP contribution in [0.25, 0.3) is 0 Å². The van der Waals surface area contributed by atoms with Crippen molar-refractivity contribution >= 4 is 34.1 Å². The second-order valence-corrected chi connectivity index (χ2v) is 6.93. The van der Waals surface area contributed by atoms with Crippen LogP contribution in [0.3, 0.4) is 0 Å². The molecule has 1 aromatic heterocycles. The summed E-state index contributed by atoms with van der Waals surface area (Å²) in [5, 5.41) is 3.44. The fraction of sp³-hybridized carbons (Fsp3) is 0.375. The van der Waals surface area contributed by atoms with Crippen LogP contribution in [0, 0.1) is 6.92 Å². The van der Waals surface area contributed by atoms with Gasteiger partial charge in [0, 0.05) is 0 Å². The number of thiazole rings is 1. The summed E-state index contributed by atoms with van der Waals surface area (Å²) in [5.41, 5.74) is 1.69. The first-order valence-electron chi connectivity index (χ1n) is 7.12. The molecule has 0 atom stereocenters. The van der Waals surface area contributed by atoms with Crippen LogP contribution in [-0.4, -0.2) is 38.5 Å². The number of aromatic nitrogens is 1. The van der Waals surface area contributed by atoms with Crippen LogP contribution >= 0.6 is 23.1 Å². The van der Waals surface area contributed by atoms with E-state index in [4.69, 9.17) is 14.2 Å². The highest BCUT2D eigenvalue weighted by Crippen LogP contribution is 2.38. The molecule has 0 unspecified atom stereocenters. The Morgan fingerprint density at radius 1 is 1.21 bits per heavy atom. The van der Waals surface area contributed by atoms with Gasteiger partial charge in [-0.2, -0.15) is 0 Å². The number of hydrogen-bond acceptors (Lipinski definition) is 7. The number of benzene rings is 1. The minimum atomic E-state index is -0.148. The standard InChI is InChI=1S/C16H20N2O4S2/c1-9-15(23-5)24-16(17-9)18-13(19)8-10-6-11(20-2)14(22-4)12(7-10)21-3/h6-7H,8H2,1-5H3,(H,17,18,19). The molecule has 2 aromatic rings. The molecule has 0 saturated carbocycles. The third-order valence-electron chi connectivity index (χ3n) is 3.27. The monoisotopic (exact) mass is 368 g/mol. The second kappa shape index (κ2) is 8.25. The number of nitrogens with zero attached hydrogens (tertiary/aromatic N) is 1. The zero-order valence-electron chi connectivity index (χ0n) is 14.3. The molecule has 0 radical (unpaired) electrons. The van der Waals surface area contributed by atoms with Gasteiger partial charge in [0.2, 0.25) is 11.7 Å². The highest BCUT2D eigenvalue weighted by molar-refractivity contribution is 8.00. The van der Waals surface area contributed by atoms with E-state index in [-0.39, 0.29) is 12.3 Å². The lowest BCUT2D eigenvalue weighted by atomic mass is 10.1. The Balaban J connectivity index is 2.16. The van der Waals surface area contributed by atoms with Crippen molar-refractivity contribution in [3.8, 4) is 17.2 Å². The summed E-state index contributed by atoms with van der Waals surface area (Å²) in [6.07, 6.45) is 2.17. The van der Waals surface area contributed by atoms with E-state index in [1.165, 1.54) is 11.3 Å². The summed E-state index contributed by atoms with van der Waals surface area (Å²) in [6, 6.07) is 3.53. The van der Waals surface area contributed by atoms with Gasteiger partial charge in [0.05, 0.1) is 37.7 Å². The van der Waals surface area contributed by atoms with Crippen molar-refractivity contribution in [3.05, 3.63) is 23.4 Å².